The Morgan fingerprint density at radius 1 is 1.24 bits per heavy atom. The molecule has 1 aromatic carbocycles. The summed E-state index contributed by atoms with van der Waals surface area (Å²) in [5.74, 6) is -1.28. The fourth-order valence-corrected chi connectivity index (χ4v) is 4.16. The van der Waals surface area contributed by atoms with Crippen molar-refractivity contribution in [2.45, 2.75) is 45.8 Å². The molecular formula is C25H25BrF2N6O3. The number of aromatic nitrogens is 5. The molecule has 1 N–H and O–H groups in total. The molecule has 9 nitrogen and oxygen atoms in total. The van der Waals surface area contributed by atoms with E-state index in [2.05, 4.69) is 37.3 Å². The molecule has 194 valence electrons. The smallest absolute Gasteiger partial charge is 0.389 e. The van der Waals surface area contributed by atoms with E-state index in [4.69, 9.17) is 0 Å². The fraction of sp³-hybridized carbons (Fsp3) is 0.320. The van der Waals surface area contributed by atoms with Gasteiger partial charge in [-0.25, -0.2) is 9.07 Å². The van der Waals surface area contributed by atoms with Crippen LogP contribution in [0, 0.1) is 34.6 Å². The van der Waals surface area contributed by atoms with Gasteiger partial charge in [-0.2, -0.15) is 14.6 Å². The molecule has 5 rings (SSSR count). The molecule has 0 amide bonds. The van der Waals surface area contributed by atoms with Crippen molar-refractivity contribution in [3.8, 4) is 5.69 Å². The third-order valence-electron chi connectivity index (χ3n) is 5.75. The number of pyridine rings is 1. The zero-order valence-electron chi connectivity index (χ0n) is 20.2. The van der Waals surface area contributed by atoms with Gasteiger partial charge in [-0.15, -0.1) is 0 Å². The van der Waals surface area contributed by atoms with Gasteiger partial charge >= 0.3 is 5.82 Å². The van der Waals surface area contributed by atoms with Gasteiger partial charge in [-0.05, 0) is 88.3 Å². The number of hydrogen-bond acceptors (Lipinski definition) is 6. The first-order valence-corrected chi connectivity index (χ1v) is 12.4. The minimum Gasteiger partial charge on any atom is -0.389 e. The average molecular weight is 575 g/mol. The first-order chi connectivity index (χ1) is 17.6. The normalized spacial score (nSPS) is 13.7. The number of halogens is 3. The summed E-state index contributed by atoms with van der Waals surface area (Å²) in [6, 6.07) is 7.45. The van der Waals surface area contributed by atoms with Crippen LogP contribution in [0.25, 0.3) is 5.69 Å². The summed E-state index contributed by atoms with van der Waals surface area (Å²) in [6.45, 7) is 4.56. The molecule has 1 aliphatic rings. The average Bonchev–Trinajstić information content (AvgIpc) is 3.41. The van der Waals surface area contributed by atoms with E-state index in [1.807, 2.05) is 23.9 Å². The molecule has 0 radical (unpaired) electrons. The summed E-state index contributed by atoms with van der Waals surface area (Å²) in [5, 5.41) is 29.1. The van der Waals surface area contributed by atoms with Crippen LogP contribution >= 0.6 is 15.9 Å². The number of nitrogens with zero attached hydrogens (tertiary/aromatic N) is 6. The Hall–Kier alpha value is -3.51. The van der Waals surface area contributed by atoms with Crippen molar-refractivity contribution in [2.75, 3.05) is 0 Å². The van der Waals surface area contributed by atoms with E-state index in [9.17, 15) is 24.0 Å². The molecule has 0 saturated heterocycles. The molecular weight excluding hydrogens is 550 g/mol. The summed E-state index contributed by atoms with van der Waals surface area (Å²) in [5.41, 5.74) is 4.22. The summed E-state index contributed by atoms with van der Waals surface area (Å²) >= 11 is 2.92. The molecule has 1 atom stereocenters. The van der Waals surface area contributed by atoms with E-state index in [-0.39, 0.29) is 5.82 Å². The second kappa shape index (κ2) is 11.3. The van der Waals surface area contributed by atoms with Gasteiger partial charge < -0.3 is 15.2 Å². The van der Waals surface area contributed by atoms with E-state index in [1.165, 1.54) is 31.2 Å². The minimum atomic E-state index is -0.940. The van der Waals surface area contributed by atoms with Gasteiger partial charge in [0.1, 0.15) is 5.82 Å². The van der Waals surface area contributed by atoms with Crippen LogP contribution in [0.15, 0.2) is 53.4 Å². The van der Waals surface area contributed by atoms with Gasteiger partial charge in [-0.1, -0.05) is 0 Å². The molecule has 37 heavy (non-hydrogen) atoms. The minimum absolute atomic E-state index is 0.364. The van der Waals surface area contributed by atoms with Gasteiger partial charge in [0.05, 0.1) is 28.2 Å². The second-order valence-corrected chi connectivity index (χ2v) is 9.89. The van der Waals surface area contributed by atoms with Crippen molar-refractivity contribution in [1.82, 2.24) is 24.5 Å². The van der Waals surface area contributed by atoms with Crippen LogP contribution < -0.4 is 0 Å². The van der Waals surface area contributed by atoms with Gasteiger partial charge in [0.25, 0.3) is 0 Å². The predicted octanol–water partition coefficient (Wildman–Crippen LogP) is 5.46. The zero-order valence-corrected chi connectivity index (χ0v) is 21.8. The van der Waals surface area contributed by atoms with Crippen LogP contribution in [0.3, 0.4) is 0 Å². The maximum absolute atomic E-state index is 13.6. The Kier molecular flexibility index (Phi) is 8.08. The highest BCUT2D eigenvalue weighted by molar-refractivity contribution is 9.10. The quantitative estimate of drug-likeness (QED) is 0.231. The first kappa shape index (κ1) is 26.6. The molecule has 0 aliphatic heterocycles. The molecule has 1 aliphatic carbocycles. The maximum Gasteiger partial charge on any atom is 0.399 e. The lowest BCUT2D eigenvalue weighted by atomic mass is 10.1. The summed E-state index contributed by atoms with van der Waals surface area (Å²) in [6.07, 6.45) is 7.66. The van der Waals surface area contributed by atoms with Crippen molar-refractivity contribution >= 4 is 21.7 Å². The summed E-state index contributed by atoms with van der Waals surface area (Å²) in [4.78, 5) is 12.4. The molecule has 1 saturated carbocycles. The lowest BCUT2D eigenvalue weighted by Crippen LogP contribution is -2.08. The number of aliphatic hydroxyl groups is 1. The molecule has 0 spiro atoms. The number of nitro groups is 1. The van der Waals surface area contributed by atoms with Crippen molar-refractivity contribution in [3.05, 3.63) is 97.7 Å². The monoisotopic (exact) mass is 574 g/mol. The molecule has 0 bridgehead atoms. The van der Waals surface area contributed by atoms with E-state index in [0.29, 0.717) is 22.1 Å². The molecule has 1 unspecified atom stereocenters. The van der Waals surface area contributed by atoms with Crippen molar-refractivity contribution in [3.63, 3.8) is 0 Å². The van der Waals surface area contributed by atoms with E-state index in [1.54, 1.807) is 17.7 Å². The Bertz CT molecular complexity index is 1420. The largest absolute Gasteiger partial charge is 0.399 e. The van der Waals surface area contributed by atoms with Crippen molar-refractivity contribution < 1.29 is 18.8 Å². The summed E-state index contributed by atoms with van der Waals surface area (Å²) < 4.78 is 30.4. The Balaban J connectivity index is 0.000000245. The Morgan fingerprint density at radius 2 is 2.00 bits per heavy atom. The number of aryl methyl sites for hydroxylation is 1. The van der Waals surface area contributed by atoms with Crippen LogP contribution in [0.1, 0.15) is 48.4 Å². The van der Waals surface area contributed by atoms with E-state index < -0.39 is 22.7 Å². The molecule has 12 heteroatoms. The highest BCUT2D eigenvalue weighted by Crippen LogP contribution is 2.30. The lowest BCUT2D eigenvalue weighted by molar-refractivity contribution is -0.392. The maximum atomic E-state index is 13.6. The SMILES string of the molecule is Cc1cc(Cc2cnn(CC3CC3)c2)n(-c2ccc(F)cc2C(C)O)n1.O=[N+]([O-])c1ncc(Br)cc1F. The van der Waals surface area contributed by atoms with Crippen LogP contribution in [0.2, 0.25) is 0 Å². The topological polar surface area (TPSA) is 112 Å². The standard InChI is InChI=1S/C20H23FN4O.C5H2BrFN2O2/c1-13-7-18(8-16-10-22-24(12-16)11-15-3-4-15)25(23-13)20-6-5-17(21)9-19(20)14(2)26;6-3-1-4(7)5(8-2-3)9(10)11/h5-7,9-10,12,14-15,26H,3-4,8,11H2,1-2H3;1-2H. The first-order valence-electron chi connectivity index (χ1n) is 11.6. The van der Waals surface area contributed by atoms with Crippen LogP contribution in [-0.2, 0) is 13.0 Å². The second-order valence-electron chi connectivity index (χ2n) is 8.97. The molecule has 1 fully saturated rings. The number of rotatable bonds is 7. The predicted molar refractivity (Wildman–Crippen MR) is 135 cm³/mol. The third-order valence-corrected chi connectivity index (χ3v) is 6.18. The Morgan fingerprint density at radius 3 is 2.65 bits per heavy atom. The van der Waals surface area contributed by atoms with Crippen LogP contribution in [0.5, 0.6) is 0 Å². The van der Waals surface area contributed by atoms with Crippen LogP contribution in [-0.4, -0.2) is 34.6 Å². The number of hydrogen-bond donors (Lipinski definition) is 1. The molecule has 4 aromatic rings. The lowest BCUT2D eigenvalue weighted by Gasteiger charge is -2.14. The fourth-order valence-electron chi connectivity index (χ4n) is 3.85. The summed E-state index contributed by atoms with van der Waals surface area (Å²) in [7, 11) is 0. The Labute approximate surface area is 220 Å². The van der Waals surface area contributed by atoms with Gasteiger partial charge in [0, 0.05) is 36.5 Å². The van der Waals surface area contributed by atoms with Crippen molar-refractivity contribution in [1.29, 1.82) is 0 Å². The van der Waals surface area contributed by atoms with E-state index in [0.717, 1.165) is 35.5 Å². The highest BCUT2D eigenvalue weighted by atomic mass is 79.9. The van der Waals surface area contributed by atoms with Gasteiger partial charge in [-0.3, -0.25) is 4.68 Å². The number of benzene rings is 1. The molecule has 3 aromatic heterocycles. The number of aliphatic hydroxyl groups excluding tert-OH is 1. The van der Waals surface area contributed by atoms with Gasteiger partial charge in [0.2, 0.25) is 5.82 Å². The van der Waals surface area contributed by atoms with Gasteiger partial charge in [0.15, 0.2) is 6.20 Å². The van der Waals surface area contributed by atoms with E-state index >= 15 is 0 Å². The molecule has 3 heterocycles. The van der Waals surface area contributed by atoms with Crippen LogP contribution in [0.4, 0.5) is 14.6 Å². The van der Waals surface area contributed by atoms with Crippen molar-refractivity contribution in [2.24, 2.45) is 5.92 Å². The zero-order chi connectivity index (χ0) is 26.7. The third kappa shape index (κ3) is 6.83. The highest BCUT2D eigenvalue weighted by Gasteiger charge is 2.22.